The molecule has 0 fully saturated rings. The summed E-state index contributed by atoms with van der Waals surface area (Å²) in [6, 6.07) is 13.3. The van der Waals surface area contributed by atoms with Crippen molar-refractivity contribution in [3.8, 4) is 16.9 Å². The van der Waals surface area contributed by atoms with Crippen molar-refractivity contribution < 1.29 is 9.15 Å². The average Bonchev–Trinajstić information content (AvgIpc) is 2.77. The number of benzene rings is 2. The maximum Gasteiger partial charge on any atom is 0.417 e. The molecule has 0 aliphatic heterocycles. The number of oxazole rings is 1. The molecule has 0 saturated heterocycles. The molecule has 0 amide bonds. The average molecular weight is 241 g/mol. The SMILES string of the molecule is COc1cccc(-c2ccc3oc(=O)[nH]c3c2)c1. The van der Waals surface area contributed by atoms with E-state index in [9.17, 15) is 4.79 Å². The van der Waals surface area contributed by atoms with E-state index in [1.54, 1.807) is 13.2 Å². The lowest BCUT2D eigenvalue weighted by atomic mass is 10.1. The molecule has 18 heavy (non-hydrogen) atoms. The number of H-pyrrole nitrogens is 1. The summed E-state index contributed by atoms with van der Waals surface area (Å²) in [5.41, 5.74) is 3.28. The van der Waals surface area contributed by atoms with Crippen LogP contribution in [0.2, 0.25) is 0 Å². The maximum atomic E-state index is 11.1. The molecule has 2 aromatic carbocycles. The second-order valence-corrected chi connectivity index (χ2v) is 3.96. The summed E-state index contributed by atoms with van der Waals surface area (Å²) < 4.78 is 10.2. The van der Waals surface area contributed by atoms with Gasteiger partial charge >= 0.3 is 5.76 Å². The van der Waals surface area contributed by atoms with E-state index in [-0.39, 0.29) is 0 Å². The molecule has 0 atom stereocenters. The molecule has 1 N–H and O–H groups in total. The van der Waals surface area contributed by atoms with Crippen LogP contribution in [0, 0.1) is 0 Å². The lowest BCUT2D eigenvalue weighted by Gasteiger charge is -2.04. The molecule has 4 nitrogen and oxygen atoms in total. The fourth-order valence-electron chi connectivity index (χ4n) is 1.93. The smallest absolute Gasteiger partial charge is 0.417 e. The highest BCUT2D eigenvalue weighted by atomic mass is 16.5. The molecule has 3 aromatic rings. The first kappa shape index (κ1) is 10.7. The van der Waals surface area contributed by atoms with E-state index in [1.807, 2.05) is 36.4 Å². The molecule has 1 aromatic heterocycles. The molecule has 4 heteroatoms. The number of hydrogen-bond donors (Lipinski definition) is 1. The number of fused-ring (bicyclic) bond motifs is 1. The fourth-order valence-corrected chi connectivity index (χ4v) is 1.93. The van der Waals surface area contributed by atoms with Gasteiger partial charge in [-0.2, -0.15) is 0 Å². The highest BCUT2D eigenvalue weighted by Gasteiger charge is 2.04. The third kappa shape index (κ3) is 1.78. The lowest BCUT2D eigenvalue weighted by Crippen LogP contribution is -1.92. The van der Waals surface area contributed by atoms with E-state index in [0.29, 0.717) is 11.1 Å². The van der Waals surface area contributed by atoms with Gasteiger partial charge in [0, 0.05) is 0 Å². The van der Waals surface area contributed by atoms with Crippen LogP contribution in [-0.4, -0.2) is 12.1 Å². The number of aromatic amines is 1. The Labute approximate surface area is 103 Å². The standard InChI is InChI=1S/C14H11NO3/c1-17-11-4-2-3-9(7-11)10-5-6-13-12(8-10)15-14(16)18-13/h2-8H,1H3,(H,15,16). The predicted molar refractivity (Wildman–Crippen MR) is 68.8 cm³/mol. The van der Waals surface area contributed by atoms with Gasteiger partial charge < -0.3 is 9.15 Å². The second kappa shape index (κ2) is 4.07. The van der Waals surface area contributed by atoms with Crippen molar-refractivity contribution in [3.05, 3.63) is 53.0 Å². The van der Waals surface area contributed by atoms with Gasteiger partial charge in [0.15, 0.2) is 5.58 Å². The minimum Gasteiger partial charge on any atom is -0.497 e. The van der Waals surface area contributed by atoms with Crippen molar-refractivity contribution in [1.29, 1.82) is 0 Å². The zero-order valence-electron chi connectivity index (χ0n) is 9.77. The summed E-state index contributed by atoms with van der Waals surface area (Å²) in [7, 11) is 1.63. The van der Waals surface area contributed by atoms with E-state index in [4.69, 9.17) is 9.15 Å². The fraction of sp³-hybridized carbons (Fsp3) is 0.0714. The van der Waals surface area contributed by atoms with Crippen LogP contribution >= 0.6 is 0 Å². The van der Waals surface area contributed by atoms with Crippen LogP contribution in [0.4, 0.5) is 0 Å². The third-order valence-corrected chi connectivity index (χ3v) is 2.82. The lowest BCUT2D eigenvalue weighted by molar-refractivity contribution is 0.415. The zero-order chi connectivity index (χ0) is 12.5. The molecule has 0 aliphatic rings. The molecular formula is C14H11NO3. The Morgan fingerprint density at radius 1 is 1.11 bits per heavy atom. The predicted octanol–water partition coefficient (Wildman–Crippen LogP) is 2.80. The summed E-state index contributed by atoms with van der Waals surface area (Å²) in [6.07, 6.45) is 0. The minimum atomic E-state index is -0.437. The first-order chi connectivity index (χ1) is 8.76. The van der Waals surface area contributed by atoms with Crippen LogP contribution < -0.4 is 10.5 Å². The molecule has 1 heterocycles. The molecule has 0 aliphatic carbocycles. The summed E-state index contributed by atoms with van der Waals surface area (Å²) >= 11 is 0. The molecule has 90 valence electrons. The highest BCUT2D eigenvalue weighted by Crippen LogP contribution is 2.25. The molecule has 0 unspecified atom stereocenters. The van der Waals surface area contributed by atoms with Gasteiger partial charge in [-0.3, -0.25) is 4.98 Å². The quantitative estimate of drug-likeness (QED) is 0.750. The van der Waals surface area contributed by atoms with Crippen molar-refractivity contribution in [2.24, 2.45) is 0 Å². The monoisotopic (exact) mass is 241 g/mol. The highest BCUT2D eigenvalue weighted by molar-refractivity contribution is 5.80. The van der Waals surface area contributed by atoms with Crippen LogP contribution in [0.25, 0.3) is 22.2 Å². The van der Waals surface area contributed by atoms with E-state index in [0.717, 1.165) is 16.9 Å². The van der Waals surface area contributed by atoms with Gasteiger partial charge in [0.1, 0.15) is 5.75 Å². The van der Waals surface area contributed by atoms with Gasteiger partial charge in [-0.05, 0) is 35.4 Å². The van der Waals surface area contributed by atoms with Gasteiger partial charge in [-0.25, -0.2) is 4.79 Å². The number of hydrogen-bond acceptors (Lipinski definition) is 3. The number of nitrogens with one attached hydrogen (secondary N) is 1. The van der Waals surface area contributed by atoms with E-state index < -0.39 is 5.76 Å². The minimum absolute atomic E-state index is 0.437. The van der Waals surface area contributed by atoms with Crippen molar-refractivity contribution >= 4 is 11.1 Å². The van der Waals surface area contributed by atoms with Crippen LogP contribution in [0.15, 0.2) is 51.7 Å². The molecule has 0 bridgehead atoms. The second-order valence-electron chi connectivity index (χ2n) is 3.96. The van der Waals surface area contributed by atoms with Crippen LogP contribution in [0.1, 0.15) is 0 Å². The van der Waals surface area contributed by atoms with Crippen molar-refractivity contribution in [2.45, 2.75) is 0 Å². The summed E-state index contributed by atoms with van der Waals surface area (Å²) in [5, 5.41) is 0. The van der Waals surface area contributed by atoms with E-state index >= 15 is 0 Å². The van der Waals surface area contributed by atoms with E-state index in [1.165, 1.54) is 0 Å². The zero-order valence-corrected chi connectivity index (χ0v) is 9.77. The number of methoxy groups -OCH3 is 1. The molecule has 0 radical (unpaired) electrons. The van der Waals surface area contributed by atoms with Gasteiger partial charge in [-0.1, -0.05) is 18.2 Å². The summed E-state index contributed by atoms with van der Waals surface area (Å²) in [5.74, 6) is 0.362. The van der Waals surface area contributed by atoms with Crippen LogP contribution in [-0.2, 0) is 0 Å². The van der Waals surface area contributed by atoms with Crippen molar-refractivity contribution in [2.75, 3.05) is 7.11 Å². The number of aromatic nitrogens is 1. The summed E-state index contributed by atoms with van der Waals surface area (Å²) in [6.45, 7) is 0. The number of ether oxygens (including phenoxy) is 1. The molecule has 0 saturated carbocycles. The Morgan fingerprint density at radius 3 is 2.78 bits per heavy atom. The maximum absolute atomic E-state index is 11.1. The van der Waals surface area contributed by atoms with Crippen molar-refractivity contribution in [3.63, 3.8) is 0 Å². The normalized spacial score (nSPS) is 10.7. The molecular weight excluding hydrogens is 230 g/mol. The Morgan fingerprint density at radius 2 is 1.94 bits per heavy atom. The Balaban J connectivity index is 2.15. The van der Waals surface area contributed by atoms with Gasteiger partial charge in [0.05, 0.1) is 12.6 Å². The Hall–Kier alpha value is -2.49. The molecule has 0 spiro atoms. The topological polar surface area (TPSA) is 55.2 Å². The Bertz CT molecular complexity index is 755. The van der Waals surface area contributed by atoms with Crippen LogP contribution in [0.5, 0.6) is 5.75 Å². The third-order valence-electron chi connectivity index (χ3n) is 2.82. The van der Waals surface area contributed by atoms with E-state index in [2.05, 4.69) is 4.98 Å². The van der Waals surface area contributed by atoms with Gasteiger partial charge in [0.2, 0.25) is 0 Å². The Kier molecular flexibility index (Phi) is 2.41. The first-order valence-electron chi connectivity index (χ1n) is 5.53. The summed E-state index contributed by atoms with van der Waals surface area (Å²) in [4.78, 5) is 13.7. The van der Waals surface area contributed by atoms with Gasteiger partial charge in [0.25, 0.3) is 0 Å². The van der Waals surface area contributed by atoms with Crippen LogP contribution in [0.3, 0.4) is 0 Å². The largest absolute Gasteiger partial charge is 0.497 e. The molecule has 3 rings (SSSR count). The van der Waals surface area contributed by atoms with Gasteiger partial charge in [-0.15, -0.1) is 0 Å². The number of rotatable bonds is 2. The first-order valence-corrected chi connectivity index (χ1v) is 5.53. The van der Waals surface area contributed by atoms with Crippen molar-refractivity contribution in [1.82, 2.24) is 4.98 Å².